The SMILES string of the molecule is O=C(C1CCCN1Cc1cc(Br)cs1)N1CCNCC1. The van der Waals surface area contributed by atoms with Crippen LogP contribution >= 0.6 is 27.3 Å². The summed E-state index contributed by atoms with van der Waals surface area (Å²) in [6.07, 6.45) is 2.14. The van der Waals surface area contributed by atoms with Gasteiger partial charge in [-0.1, -0.05) is 0 Å². The van der Waals surface area contributed by atoms with Crippen LogP contribution in [0.3, 0.4) is 0 Å². The standard InChI is InChI=1S/C14H20BrN3OS/c15-11-8-12(20-10-11)9-18-5-1-2-13(18)14(19)17-6-3-16-4-7-17/h8,10,13,16H,1-7,9H2. The minimum atomic E-state index is 0.0916. The summed E-state index contributed by atoms with van der Waals surface area (Å²) in [4.78, 5) is 18.4. The van der Waals surface area contributed by atoms with Crippen molar-refractivity contribution in [1.82, 2.24) is 15.1 Å². The number of halogens is 1. The van der Waals surface area contributed by atoms with Crippen molar-refractivity contribution in [3.63, 3.8) is 0 Å². The molecule has 4 nitrogen and oxygen atoms in total. The summed E-state index contributed by atoms with van der Waals surface area (Å²) in [6, 6.07) is 2.25. The van der Waals surface area contributed by atoms with Crippen LogP contribution in [0.15, 0.2) is 15.9 Å². The van der Waals surface area contributed by atoms with E-state index in [9.17, 15) is 4.79 Å². The van der Waals surface area contributed by atoms with Gasteiger partial charge < -0.3 is 10.2 Å². The number of hydrogen-bond donors (Lipinski definition) is 1. The monoisotopic (exact) mass is 357 g/mol. The molecule has 3 heterocycles. The predicted octanol–water partition coefficient (Wildman–Crippen LogP) is 1.91. The lowest BCUT2D eigenvalue weighted by molar-refractivity contribution is -0.136. The third-order valence-electron chi connectivity index (χ3n) is 4.06. The number of nitrogens with zero attached hydrogens (tertiary/aromatic N) is 2. The Morgan fingerprint density at radius 3 is 2.90 bits per heavy atom. The van der Waals surface area contributed by atoms with Crippen molar-refractivity contribution in [2.45, 2.75) is 25.4 Å². The van der Waals surface area contributed by atoms with Gasteiger partial charge in [0, 0.05) is 47.5 Å². The molecule has 110 valence electrons. The molecule has 1 aromatic heterocycles. The summed E-state index contributed by atoms with van der Waals surface area (Å²) in [5.74, 6) is 0.333. The van der Waals surface area contributed by atoms with Crippen LogP contribution in [0.2, 0.25) is 0 Å². The summed E-state index contributed by atoms with van der Waals surface area (Å²) in [5.41, 5.74) is 0. The lowest BCUT2D eigenvalue weighted by Gasteiger charge is -2.32. The molecule has 1 N–H and O–H groups in total. The molecule has 0 spiro atoms. The molecule has 1 atom stereocenters. The Morgan fingerprint density at radius 2 is 2.20 bits per heavy atom. The van der Waals surface area contributed by atoms with Gasteiger partial charge in [-0.15, -0.1) is 11.3 Å². The lowest BCUT2D eigenvalue weighted by Crippen LogP contribution is -2.52. The van der Waals surface area contributed by atoms with Crippen LogP contribution in [0.1, 0.15) is 17.7 Å². The molecule has 2 aliphatic heterocycles. The van der Waals surface area contributed by atoms with Gasteiger partial charge in [0.15, 0.2) is 0 Å². The van der Waals surface area contributed by atoms with Gasteiger partial charge >= 0.3 is 0 Å². The van der Waals surface area contributed by atoms with Gasteiger partial charge in [0.05, 0.1) is 6.04 Å². The van der Waals surface area contributed by atoms with Crippen LogP contribution in [0.5, 0.6) is 0 Å². The van der Waals surface area contributed by atoms with Crippen LogP contribution in [-0.2, 0) is 11.3 Å². The molecular weight excluding hydrogens is 338 g/mol. The highest BCUT2D eigenvalue weighted by atomic mass is 79.9. The first-order valence-corrected chi connectivity index (χ1v) is 8.88. The van der Waals surface area contributed by atoms with Gasteiger partial charge in [0.2, 0.25) is 5.91 Å². The Bertz CT molecular complexity index is 473. The number of thiophene rings is 1. The molecule has 0 saturated carbocycles. The second kappa shape index (κ2) is 6.56. The van der Waals surface area contributed by atoms with E-state index in [0.29, 0.717) is 5.91 Å². The van der Waals surface area contributed by atoms with Crippen LogP contribution in [-0.4, -0.2) is 54.5 Å². The smallest absolute Gasteiger partial charge is 0.240 e. The quantitative estimate of drug-likeness (QED) is 0.897. The largest absolute Gasteiger partial charge is 0.339 e. The number of amides is 1. The zero-order chi connectivity index (χ0) is 13.9. The fraction of sp³-hybridized carbons (Fsp3) is 0.643. The Kier molecular flexibility index (Phi) is 4.75. The highest BCUT2D eigenvalue weighted by molar-refractivity contribution is 9.10. The number of carbonyl (C=O) groups is 1. The molecule has 1 unspecified atom stereocenters. The molecular formula is C14H20BrN3OS. The van der Waals surface area contributed by atoms with Crippen molar-refractivity contribution in [2.75, 3.05) is 32.7 Å². The maximum Gasteiger partial charge on any atom is 0.240 e. The molecule has 2 saturated heterocycles. The summed E-state index contributed by atoms with van der Waals surface area (Å²) < 4.78 is 1.14. The maximum absolute atomic E-state index is 12.7. The third-order valence-corrected chi connectivity index (χ3v) is 5.74. The fourth-order valence-corrected chi connectivity index (χ4v) is 4.50. The van der Waals surface area contributed by atoms with E-state index in [4.69, 9.17) is 0 Å². The summed E-state index contributed by atoms with van der Waals surface area (Å²) in [6.45, 7) is 5.50. The number of rotatable bonds is 3. The molecule has 1 amide bonds. The molecule has 0 radical (unpaired) electrons. The molecule has 0 aliphatic carbocycles. The van der Waals surface area contributed by atoms with Crippen LogP contribution < -0.4 is 5.32 Å². The lowest BCUT2D eigenvalue weighted by atomic mass is 10.1. The van der Waals surface area contributed by atoms with Crippen molar-refractivity contribution in [2.24, 2.45) is 0 Å². The van der Waals surface area contributed by atoms with Crippen molar-refractivity contribution in [3.8, 4) is 0 Å². The number of likely N-dealkylation sites (tertiary alicyclic amines) is 1. The molecule has 6 heteroatoms. The zero-order valence-corrected chi connectivity index (χ0v) is 13.9. The highest BCUT2D eigenvalue weighted by Gasteiger charge is 2.34. The molecule has 20 heavy (non-hydrogen) atoms. The van der Waals surface area contributed by atoms with Gasteiger partial charge in [-0.05, 0) is 41.4 Å². The van der Waals surface area contributed by atoms with E-state index in [1.165, 1.54) is 4.88 Å². The Balaban J connectivity index is 1.63. The van der Waals surface area contributed by atoms with Gasteiger partial charge in [0.25, 0.3) is 0 Å². The molecule has 2 aliphatic rings. The van der Waals surface area contributed by atoms with E-state index >= 15 is 0 Å². The van der Waals surface area contributed by atoms with Gasteiger partial charge in [-0.3, -0.25) is 9.69 Å². The predicted molar refractivity (Wildman–Crippen MR) is 84.9 cm³/mol. The van der Waals surface area contributed by atoms with Crippen LogP contribution in [0, 0.1) is 0 Å². The molecule has 2 fully saturated rings. The first-order valence-electron chi connectivity index (χ1n) is 7.20. The minimum Gasteiger partial charge on any atom is -0.339 e. The van der Waals surface area contributed by atoms with Crippen molar-refractivity contribution in [1.29, 1.82) is 0 Å². The van der Waals surface area contributed by atoms with E-state index in [1.54, 1.807) is 11.3 Å². The fourth-order valence-electron chi connectivity index (χ4n) is 3.03. The number of carbonyl (C=O) groups excluding carboxylic acids is 1. The average molecular weight is 358 g/mol. The van der Waals surface area contributed by atoms with Gasteiger partial charge in [0.1, 0.15) is 0 Å². The second-order valence-electron chi connectivity index (χ2n) is 5.44. The average Bonchev–Trinajstić information content (AvgIpc) is 3.09. The first-order chi connectivity index (χ1) is 9.74. The zero-order valence-electron chi connectivity index (χ0n) is 11.5. The Morgan fingerprint density at radius 1 is 1.40 bits per heavy atom. The van der Waals surface area contributed by atoms with Gasteiger partial charge in [-0.2, -0.15) is 0 Å². The first kappa shape index (κ1) is 14.5. The third kappa shape index (κ3) is 3.24. The Hall–Kier alpha value is -0.430. The van der Waals surface area contributed by atoms with Crippen LogP contribution in [0.25, 0.3) is 0 Å². The van der Waals surface area contributed by atoms with Crippen molar-refractivity contribution >= 4 is 33.2 Å². The number of nitrogens with one attached hydrogen (secondary N) is 1. The van der Waals surface area contributed by atoms with E-state index in [0.717, 1.165) is 56.6 Å². The summed E-state index contributed by atoms with van der Waals surface area (Å²) in [7, 11) is 0. The van der Waals surface area contributed by atoms with E-state index in [1.807, 2.05) is 4.90 Å². The maximum atomic E-state index is 12.7. The second-order valence-corrected chi connectivity index (χ2v) is 7.35. The highest BCUT2D eigenvalue weighted by Crippen LogP contribution is 2.26. The van der Waals surface area contributed by atoms with Crippen molar-refractivity contribution < 1.29 is 4.79 Å². The molecule has 0 aromatic carbocycles. The van der Waals surface area contributed by atoms with E-state index in [2.05, 4.69) is 37.6 Å². The normalized spacial score (nSPS) is 24.2. The Labute approximate surface area is 132 Å². The van der Waals surface area contributed by atoms with E-state index < -0.39 is 0 Å². The number of hydrogen-bond acceptors (Lipinski definition) is 4. The molecule has 3 rings (SSSR count). The molecule has 1 aromatic rings. The van der Waals surface area contributed by atoms with Crippen LogP contribution in [0.4, 0.5) is 0 Å². The van der Waals surface area contributed by atoms with Crippen molar-refractivity contribution in [3.05, 3.63) is 20.8 Å². The minimum absolute atomic E-state index is 0.0916. The van der Waals surface area contributed by atoms with Gasteiger partial charge in [-0.25, -0.2) is 0 Å². The van der Waals surface area contributed by atoms with E-state index in [-0.39, 0.29) is 6.04 Å². The molecule has 0 bridgehead atoms. The summed E-state index contributed by atoms with van der Waals surface area (Å²) >= 11 is 5.26. The summed E-state index contributed by atoms with van der Waals surface area (Å²) in [5, 5.41) is 5.41. The number of piperazine rings is 1. The topological polar surface area (TPSA) is 35.6 Å².